The number of aromatic nitrogens is 3. The highest BCUT2D eigenvalue weighted by atomic mass is 32.2. The first-order valence-electron chi connectivity index (χ1n) is 8.79. The molecule has 1 aliphatic rings. The summed E-state index contributed by atoms with van der Waals surface area (Å²) < 4.78 is 13.0. The molecule has 0 atom stereocenters. The van der Waals surface area contributed by atoms with Gasteiger partial charge in [0.05, 0.1) is 13.7 Å². The van der Waals surface area contributed by atoms with Gasteiger partial charge in [0.2, 0.25) is 5.91 Å². The third kappa shape index (κ3) is 5.14. The highest BCUT2D eigenvalue weighted by molar-refractivity contribution is 7.99. The summed E-state index contributed by atoms with van der Waals surface area (Å²) in [6, 6.07) is 8.05. The van der Waals surface area contributed by atoms with Crippen LogP contribution in [0.5, 0.6) is 11.5 Å². The smallest absolute Gasteiger partial charge is 0.217 e. The van der Waals surface area contributed by atoms with Crippen LogP contribution < -0.4 is 15.2 Å². The van der Waals surface area contributed by atoms with E-state index in [1.165, 1.54) is 0 Å². The normalized spacial score (nSPS) is 13.6. The van der Waals surface area contributed by atoms with Gasteiger partial charge in [-0.1, -0.05) is 11.8 Å². The zero-order valence-electron chi connectivity index (χ0n) is 14.9. The van der Waals surface area contributed by atoms with Crippen LogP contribution in [0.1, 0.15) is 37.5 Å². The van der Waals surface area contributed by atoms with Gasteiger partial charge in [0.15, 0.2) is 5.16 Å². The van der Waals surface area contributed by atoms with Crippen LogP contribution in [-0.2, 0) is 11.2 Å². The topological polar surface area (TPSA) is 92.3 Å². The predicted molar refractivity (Wildman–Crippen MR) is 99.6 cm³/mol. The van der Waals surface area contributed by atoms with Gasteiger partial charge in [-0.2, -0.15) is 0 Å². The SMILES string of the molecule is COc1ccc(OCCCSc2nnc(CCC(N)=O)n2C2CC2)cc1. The Morgan fingerprint density at radius 1 is 1.27 bits per heavy atom. The van der Waals surface area contributed by atoms with Crippen LogP contribution in [0.15, 0.2) is 29.4 Å². The number of carbonyl (C=O) groups is 1. The third-order valence-corrected chi connectivity index (χ3v) is 5.12. The van der Waals surface area contributed by atoms with Crippen molar-refractivity contribution in [2.75, 3.05) is 19.5 Å². The molecule has 26 heavy (non-hydrogen) atoms. The summed E-state index contributed by atoms with van der Waals surface area (Å²) in [6.07, 6.45) is 4.07. The standard InChI is InChI=1S/C18H24N4O3S/c1-24-14-5-7-15(8-6-14)25-11-2-12-26-18-21-20-17(10-9-16(19)23)22(18)13-3-4-13/h5-8,13H,2-4,9-12H2,1H3,(H2,19,23). The van der Waals surface area contributed by atoms with Crippen molar-refractivity contribution in [1.82, 2.24) is 14.8 Å². The molecule has 1 aromatic carbocycles. The van der Waals surface area contributed by atoms with Crippen LogP contribution in [0.4, 0.5) is 0 Å². The number of benzene rings is 1. The van der Waals surface area contributed by atoms with E-state index in [-0.39, 0.29) is 5.91 Å². The number of nitrogens with zero attached hydrogens (tertiary/aromatic N) is 3. The molecule has 2 N–H and O–H groups in total. The van der Waals surface area contributed by atoms with E-state index in [0.29, 0.717) is 25.5 Å². The zero-order valence-corrected chi connectivity index (χ0v) is 15.7. The monoisotopic (exact) mass is 376 g/mol. The van der Waals surface area contributed by atoms with Crippen LogP contribution >= 0.6 is 11.8 Å². The van der Waals surface area contributed by atoms with Gasteiger partial charge in [0, 0.05) is 24.6 Å². The van der Waals surface area contributed by atoms with Crippen molar-refractivity contribution < 1.29 is 14.3 Å². The summed E-state index contributed by atoms with van der Waals surface area (Å²) in [5.41, 5.74) is 5.24. The number of methoxy groups -OCH3 is 1. The van der Waals surface area contributed by atoms with Gasteiger partial charge in [0.25, 0.3) is 0 Å². The quantitative estimate of drug-likeness (QED) is 0.479. The molecule has 1 amide bonds. The van der Waals surface area contributed by atoms with Crippen LogP contribution in [0, 0.1) is 0 Å². The second-order valence-corrected chi connectivity index (χ2v) is 7.25. The largest absolute Gasteiger partial charge is 0.497 e. The van der Waals surface area contributed by atoms with Gasteiger partial charge in [-0.15, -0.1) is 10.2 Å². The van der Waals surface area contributed by atoms with Crippen molar-refractivity contribution in [3.8, 4) is 11.5 Å². The fourth-order valence-electron chi connectivity index (χ4n) is 2.60. The number of amides is 1. The Kier molecular flexibility index (Phi) is 6.38. The average Bonchev–Trinajstić information content (AvgIpc) is 3.40. The molecule has 7 nitrogen and oxygen atoms in total. The molecule has 1 heterocycles. The van der Waals surface area contributed by atoms with E-state index in [1.807, 2.05) is 24.3 Å². The summed E-state index contributed by atoms with van der Waals surface area (Å²) in [6.45, 7) is 0.644. The van der Waals surface area contributed by atoms with Crippen molar-refractivity contribution in [3.05, 3.63) is 30.1 Å². The number of hydrogen-bond donors (Lipinski definition) is 1. The maximum Gasteiger partial charge on any atom is 0.217 e. The molecular weight excluding hydrogens is 352 g/mol. The molecule has 1 aromatic heterocycles. The average molecular weight is 376 g/mol. The first-order valence-corrected chi connectivity index (χ1v) is 9.77. The number of carbonyl (C=O) groups excluding carboxylic acids is 1. The van der Waals surface area contributed by atoms with Crippen molar-refractivity contribution in [3.63, 3.8) is 0 Å². The molecule has 3 rings (SSSR count). The van der Waals surface area contributed by atoms with E-state index in [1.54, 1.807) is 18.9 Å². The maximum absolute atomic E-state index is 11.0. The number of thioether (sulfide) groups is 1. The van der Waals surface area contributed by atoms with Crippen molar-refractivity contribution in [2.24, 2.45) is 5.73 Å². The lowest BCUT2D eigenvalue weighted by molar-refractivity contribution is -0.118. The fraction of sp³-hybridized carbons (Fsp3) is 0.500. The Labute approximate surface area is 157 Å². The molecule has 0 spiro atoms. The molecule has 1 aliphatic carbocycles. The number of hydrogen-bond acceptors (Lipinski definition) is 6. The van der Waals surface area contributed by atoms with Gasteiger partial charge in [-0.3, -0.25) is 4.79 Å². The highest BCUT2D eigenvalue weighted by Crippen LogP contribution is 2.39. The number of primary amides is 1. The highest BCUT2D eigenvalue weighted by Gasteiger charge is 2.29. The lowest BCUT2D eigenvalue weighted by Gasteiger charge is -2.09. The molecule has 140 valence electrons. The minimum absolute atomic E-state index is 0.305. The van der Waals surface area contributed by atoms with Crippen LogP contribution in [0.2, 0.25) is 0 Å². The van der Waals surface area contributed by atoms with Crippen molar-refractivity contribution in [1.29, 1.82) is 0 Å². The Hall–Kier alpha value is -2.22. The lowest BCUT2D eigenvalue weighted by Crippen LogP contribution is -2.13. The fourth-order valence-corrected chi connectivity index (χ4v) is 3.53. The Balaban J connectivity index is 1.44. The van der Waals surface area contributed by atoms with Crippen molar-refractivity contribution in [2.45, 2.75) is 43.3 Å². The molecule has 1 saturated carbocycles. The van der Waals surface area contributed by atoms with Gasteiger partial charge < -0.3 is 19.8 Å². The molecule has 0 aliphatic heterocycles. The Bertz CT molecular complexity index is 729. The molecule has 2 aromatic rings. The van der Waals surface area contributed by atoms with Gasteiger partial charge in [0.1, 0.15) is 17.3 Å². The Morgan fingerprint density at radius 3 is 2.65 bits per heavy atom. The van der Waals surface area contributed by atoms with Crippen LogP contribution in [-0.4, -0.2) is 40.1 Å². The van der Waals surface area contributed by atoms with Crippen LogP contribution in [0.25, 0.3) is 0 Å². The summed E-state index contributed by atoms with van der Waals surface area (Å²) in [5.74, 6) is 3.12. The number of ether oxygens (including phenoxy) is 2. The van der Waals surface area contributed by atoms with E-state index in [2.05, 4.69) is 14.8 Å². The van der Waals surface area contributed by atoms with Crippen molar-refractivity contribution >= 4 is 17.7 Å². The van der Waals surface area contributed by atoms with E-state index in [0.717, 1.165) is 47.5 Å². The van der Waals surface area contributed by atoms with E-state index < -0.39 is 0 Å². The zero-order chi connectivity index (χ0) is 18.4. The Morgan fingerprint density at radius 2 is 2.00 bits per heavy atom. The third-order valence-electron chi connectivity index (χ3n) is 4.09. The molecule has 0 bridgehead atoms. The van der Waals surface area contributed by atoms with Gasteiger partial charge in [-0.25, -0.2) is 0 Å². The second-order valence-electron chi connectivity index (χ2n) is 6.19. The summed E-state index contributed by atoms with van der Waals surface area (Å²) >= 11 is 1.68. The molecular formula is C18H24N4O3S. The molecule has 0 radical (unpaired) electrons. The molecule has 0 saturated heterocycles. The second kappa shape index (κ2) is 8.93. The minimum atomic E-state index is -0.305. The lowest BCUT2D eigenvalue weighted by atomic mass is 10.3. The van der Waals surface area contributed by atoms with E-state index >= 15 is 0 Å². The molecule has 1 fully saturated rings. The van der Waals surface area contributed by atoms with Gasteiger partial charge >= 0.3 is 0 Å². The first kappa shape index (κ1) is 18.6. The van der Waals surface area contributed by atoms with Gasteiger partial charge in [-0.05, 0) is 43.5 Å². The molecule has 0 unspecified atom stereocenters. The van der Waals surface area contributed by atoms with E-state index in [9.17, 15) is 4.79 Å². The maximum atomic E-state index is 11.0. The molecule has 8 heteroatoms. The van der Waals surface area contributed by atoms with Crippen LogP contribution in [0.3, 0.4) is 0 Å². The number of aryl methyl sites for hydroxylation is 1. The number of nitrogens with two attached hydrogens (primary N) is 1. The predicted octanol–water partition coefficient (Wildman–Crippen LogP) is 2.60. The summed E-state index contributed by atoms with van der Waals surface area (Å²) in [7, 11) is 1.65. The first-order chi connectivity index (χ1) is 12.7. The number of rotatable bonds is 11. The summed E-state index contributed by atoms with van der Waals surface area (Å²) in [4.78, 5) is 11.0. The minimum Gasteiger partial charge on any atom is -0.497 e. The van der Waals surface area contributed by atoms with E-state index in [4.69, 9.17) is 15.2 Å². The summed E-state index contributed by atoms with van der Waals surface area (Å²) in [5, 5.41) is 9.48.